The molecule has 0 aliphatic heterocycles. The summed E-state index contributed by atoms with van der Waals surface area (Å²) in [7, 11) is 0. The van der Waals surface area contributed by atoms with E-state index in [-0.39, 0.29) is 17.9 Å². The van der Waals surface area contributed by atoms with E-state index < -0.39 is 0 Å². The smallest absolute Gasteiger partial charge is 0.126 e. The summed E-state index contributed by atoms with van der Waals surface area (Å²) < 4.78 is 13.7. The summed E-state index contributed by atoms with van der Waals surface area (Å²) in [6.45, 7) is 10.3. The molecule has 0 aromatic heterocycles. The van der Waals surface area contributed by atoms with E-state index >= 15 is 0 Å². The van der Waals surface area contributed by atoms with Crippen LogP contribution in [0.5, 0.6) is 0 Å². The van der Waals surface area contributed by atoms with Crippen LogP contribution in [-0.4, -0.2) is 0 Å². The summed E-state index contributed by atoms with van der Waals surface area (Å²) in [5.74, 6) is -0.139. The fourth-order valence-corrected chi connectivity index (χ4v) is 2.48. The monoisotopic (exact) mass is 285 g/mol. The molecule has 2 rings (SSSR count). The molecule has 0 saturated carbocycles. The van der Waals surface area contributed by atoms with Gasteiger partial charge in [-0.25, -0.2) is 4.39 Å². The van der Waals surface area contributed by atoms with Crippen LogP contribution in [0, 0.1) is 26.6 Å². The van der Waals surface area contributed by atoms with Crippen LogP contribution in [-0.2, 0) is 0 Å². The van der Waals surface area contributed by atoms with Crippen LogP contribution in [0.15, 0.2) is 36.4 Å². The largest absolute Gasteiger partial charge is 0.304 e. The maximum Gasteiger partial charge on any atom is 0.126 e. The minimum absolute atomic E-state index is 0.108. The van der Waals surface area contributed by atoms with Gasteiger partial charge >= 0.3 is 0 Å². The van der Waals surface area contributed by atoms with Crippen LogP contribution in [0.1, 0.15) is 53.7 Å². The Balaban J connectivity index is 2.12. The molecule has 112 valence electrons. The van der Waals surface area contributed by atoms with Gasteiger partial charge in [-0.15, -0.1) is 0 Å². The third kappa shape index (κ3) is 3.70. The van der Waals surface area contributed by atoms with Gasteiger partial charge in [-0.2, -0.15) is 0 Å². The first-order valence-electron chi connectivity index (χ1n) is 7.47. The molecule has 2 aromatic rings. The van der Waals surface area contributed by atoms with Crippen LogP contribution in [0.25, 0.3) is 0 Å². The van der Waals surface area contributed by atoms with E-state index in [0.717, 1.165) is 5.56 Å². The number of rotatable bonds is 4. The molecule has 2 aromatic carbocycles. The molecule has 0 amide bonds. The summed E-state index contributed by atoms with van der Waals surface area (Å²) in [6.07, 6.45) is 0. The van der Waals surface area contributed by atoms with Crippen LogP contribution < -0.4 is 5.32 Å². The van der Waals surface area contributed by atoms with Gasteiger partial charge in [0.1, 0.15) is 5.82 Å². The molecular weight excluding hydrogens is 261 g/mol. The first-order chi connectivity index (χ1) is 9.88. The normalized spacial score (nSPS) is 14.0. The number of aryl methyl sites for hydroxylation is 3. The quantitative estimate of drug-likeness (QED) is 0.818. The molecule has 21 heavy (non-hydrogen) atoms. The lowest BCUT2D eigenvalue weighted by molar-refractivity contribution is 0.491. The average molecular weight is 285 g/mol. The molecule has 2 unspecified atom stereocenters. The molecule has 1 nitrogen and oxygen atoms in total. The van der Waals surface area contributed by atoms with E-state index in [1.165, 1.54) is 16.7 Å². The van der Waals surface area contributed by atoms with Crippen LogP contribution in [0.2, 0.25) is 0 Å². The molecule has 0 radical (unpaired) electrons. The molecule has 0 saturated heterocycles. The average Bonchev–Trinajstić information content (AvgIpc) is 2.44. The standard InChI is InChI=1S/C19H24FN/c1-12-6-8-17(10-14(12)3)15(4)21-16(5)18-9-7-13(2)19(20)11-18/h6-11,15-16,21H,1-5H3. The fourth-order valence-electron chi connectivity index (χ4n) is 2.48. The number of hydrogen-bond donors (Lipinski definition) is 1. The molecular formula is C19H24FN. The van der Waals surface area contributed by atoms with Crippen molar-refractivity contribution in [2.75, 3.05) is 0 Å². The SMILES string of the molecule is Cc1ccc(C(C)NC(C)c2ccc(C)c(F)c2)cc1C. The molecule has 2 heteroatoms. The van der Waals surface area contributed by atoms with E-state index in [1.54, 1.807) is 13.0 Å². The maximum absolute atomic E-state index is 13.7. The van der Waals surface area contributed by atoms with Gasteiger partial charge in [0.15, 0.2) is 0 Å². The number of hydrogen-bond acceptors (Lipinski definition) is 1. The second-order valence-electron chi connectivity index (χ2n) is 5.96. The summed E-state index contributed by atoms with van der Waals surface area (Å²) >= 11 is 0. The van der Waals surface area contributed by atoms with Crippen molar-refractivity contribution >= 4 is 0 Å². The highest BCUT2D eigenvalue weighted by molar-refractivity contribution is 5.32. The molecule has 1 N–H and O–H groups in total. The fraction of sp³-hybridized carbons (Fsp3) is 0.368. The molecule has 0 aliphatic carbocycles. The van der Waals surface area contributed by atoms with Crippen molar-refractivity contribution in [1.82, 2.24) is 5.32 Å². The lowest BCUT2D eigenvalue weighted by Gasteiger charge is -2.21. The molecule has 2 atom stereocenters. The first-order valence-corrected chi connectivity index (χ1v) is 7.47. The van der Waals surface area contributed by atoms with Gasteiger partial charge in [0.25, 0.3) is 0 Å². The van der Waals surface area contributed by atoms with E-state index in [9.17, 15) is 4.39 Å². The van der Waals surface area contributed by atoms with Gasteiger partial charge in [0.05, 0.1) is 0 Å². The molecule has 0 spiro atoms. The van der Waals surface area contributed by atoms with E-state index in [4.69, 9.17) is 0 Å². The van der Waals surface area contributed by atoms with Crippen molar-refractivity contribution in [3.8, 4) is 0 Å². The maximum atomic E-state index is 13.7. The third-order valence-corrected chi connectivity index (χ3v) is 4.23. The number of benzene rings is 2. The van der Waals surface area contributed by atoms with Gasteiger partial charge in [0.2, 0.25) is 0 Å². The summed E-state index contributed by atoms with van der Waals surface area (Å²) in [5, 5.41) is 3.54. The van der Waals surface area contributed by atoms with E-state index in [2.05, 4.69) is 51.2 Å². The Hall–Kier alpha value is -1.67. The first kappa shape index (κ1) is 15.7. The Morgan fingerprint density at radius 3 is 1.81 bits per heavy atom. The van der Waals surface area contributed by atoms with Crippen molar-refractivity contribution in [1.29, 1.82) is 0 Å². The highest BCUT2D eigenvalue weighted by atomic mass is 19.1. The molecule has 0 bridgehead atoms. The predicted octanol–water partition coefficient (Wildman–Crippen LogP) is 5.16. The van der Waals surface area contributed by atoms with Gasteiger partial charge < -0.3 is 5.32 Å². The minimum atomic E-state index is -0.139. The topological polar surface area (TPSA) is 12.0 Å². The van der Waals surface area contributed by atoms with Crippen molar-refractivity contribution in [2.45, 2.75) is 46.7 Å². The number of halogens is 1. The zero-order valence-corrected chi connectivity index (χ0v) is 13.5. The second-order valence-corrected chi connectivity index (χ2v) is 5.96. The summed E-state index contributed by atoms with van der Waals surface area (Å²) in [4.78, 5) is 0. The Labute approximate surface area is 127 Å². The van der Waals surface area contributed by atoms with Crippen molar-refractivity contribution in [3.05, 3.63) is 70.0 Å². The Morgan fingerprint density at radius 2 is 1.29 bits per heavy atom. The summed E-state index contributed by atoms with van der Waals surface area (Å²) in [5.41, 5.74) is 5.54. The predicted molar refractivity (Wildman–Crippen MR) is 87.0 cm³/mol. The zero-order chi connectivity index (χ0) is 15.6. The van der Waals surface area contributed by atoms with Gasteiger partial charge in [-0.3, -0.25) is 0 Å². The lowest BCUT2D eigenvalue weighted by atomic mass is 10.00. The van der Waals surface area contributed by atoms with Crippen LogP contribution in [0.4, 0.5) is 4.39 Å². The summed E-state index contributed by atoms with van der Waals surface area (Å²) in [6, 6.07) is 12.3. The highest BCUT2D eigenvalue weighted by Crippen LogP contribution is 2.22. The molecule has 0 fully saturated rings. The van der Waals surface area contributed by atoms with Crippen molar-refractivity contribution in [2.24, 2.45) is 0 Å². The van der Waals surface area contributed by atoms with Crippen LogP contribution >= 0.6 is 0 Å². The van der Waals surface area contributed by atoms with Gasteiger partial charge in [-0.05, 0) is 68.5 Å². The van der Waals surface area contributed by atoms with Crippen LogP contribution in [0.3, 0.4) is 0 Å². The Kier molecular flexibility index (Phi) is 4.79. The second kappa shape index (κ2) is 6.40. The lowest BCUT2D eigenvalue weighted by Crippen LogP contribution is -2.22. The molecule has 0 heterocycles. The Morgan fingerprint density at radius 1 is 0.762 bits per heavy atom. The van der Waals surface area contributed by atoms with Gasteiger partial charge in [0, 0.05) is 12.1 Å². The highest BCUT2D eigenvalue weighted by Gasteiger charge is 2.12. The van der Waals surface area contributed by atoms with Crippen molar-refractivity contribution in [3.63, 3.8) is 0 Å². The number of nitrogens with one attached hydrogen (secondary N) is 1. The Bertz CT molecular complexity index is 578. The molecule has 0 aliphatic rings. The zero-order valence-electron chi connectivity index (χ0n) is 13.5. The van der Waals surface area contributed by atoms with E-state index in [1.807, 2.05) is 12.1 Å². The minimum Gasteiger partial charge on any atom is -0.304 e. The third-order valence-electron chi connectivity index (χ3n) is 4.23. The van der Waals surface area contributed by atoms with E-state index in [0.29, 0.717) is 5.56 Å². The van der Waals surface area contributed by atoms with Gasteiger partial charge in [-0.1, -0.05) is 30.3 Å². The van der Waals surface area contributed by atoms with Crippen molar-refractivity contribution < 1.29 is 4.39 Å².